The number of hydrogen-bond acceptors (Lipinski definition) is 5. The molecule has 0 spiro atoms. The SMILES string of the molecule is CC(O)c1c(-c2ccc(F)cc2)nc2sc(CN3CCN(C)CC3)cn12. The molecule has 0 aliphatic carbocycles. The van der Waals surface area contributed by atoms with E-state index < -0.39 is 6.10 Å². The van der Waals surface area contributed by atoms with Crippen LogP contribution in [-0.4, -0.2) is 57.5 Å². The van der Waals surface area contributed by atoms with Gasteiger partial charge in [0.05, 0.1) is 17.5 Å². The Morgan fingerprint density at radius 2 is 1.88 bits per heavy atom. The van der Waals surface area contributed by atoms with Gasteiger partial charge in [-0.15, -0.1) is 0 Å². The summed E-state index contributed by atoms with van der Waals surface area (Å²) in [4.78, 5) is 11.6. The smallest absolute Gasteiger partial charge is 0.194 e. The summed E-state index contributed by atoms with van der Waals surface area (Å²) in [7, 11) is 2.16. The molecule has 26 heavy (non-hydrogen) atoms. The fourth-order valence-corrected chi connectivity index (χ4v) is 4.45. The summed E-state index contributed by atoms with van der Waals surface area (Å²) in [5.74, 6) is -0.275. The highest BCUT2D eigenvalue weighted by Gasteiger charge is 2.21. The third-order valence-electron chi connectivity index (χ3n) is 4.90. The number of benzene rings is 1. The Morgan fingerprint density at radius 1 is 1.19 bits per heavy atom. The number of nitrogens with zero attached hydrogens (tertiary/aromatic N) is 4. The van der Waals surface area contributed by atoms with Crippen LogP contribution in [0.1, 0.15) is 23.6 Å². The largest absolute Gasteiger partial charge is 0.387 e. The lowest BCUT2D eigenvalue weighted by atomic mass is 10.1. The first kappa shape index (κ1) is 17.6. The molecule has 0 bridgehead atoms. The average Bonchev–Trinajstić information content (AvgIpc) is 3.14. The summed E-state index contributed by atoms with van der Waals surface area (Å²) in [6.45, 7) is 6.98. The second-order valence-corrected chi connectivity index (χ2v) is 8.05. The average molecular weight is 374 g/mol. The Kier molecular flexibility index (Phi) is 4.79. The molecule has 3 aromatic rings. The van der Waals surface area contributed by atoms with Crippen molar-refractivity contribution in [3.8, 4) is 11.3 Å². The van der Waals surface area contributed by atoms with Crippen molar-refractivity contribution >= 4 is 16.3 Å². The number of aromatic nitrogens is 2. The van der Waals surface area contributed by atoms with E-state index >= 15 is 0 Å². The number of likely N-dealkylation sites (N-methyl/N-ethyl adjacent to an activating group) is 1. The normalized spacial score (nSPS) is 17.8. The molecule has 138 valence electrons. The van der Waals surface area contributed by atoms with Crippen LogP contribution in [0.15, 0.2) is 30.5 Å². The van der Waals surface area contributed by atoms with Gasteiger partial charge >= 0.3 is 0 Å². The predicted molar refractivity (Wildman–Crippen MR) is 102 cm³/mol. The second-order valence-electron chi connectivity index (χ2n) is 6.96. The number of halogens is 1. The molecule has 0 amide bonds. The fourth-order valence-electron chi connectivity index (χ4n) is 3.43. The third kappa shape index (κ3) is 3.40. The highest BCUT2D eigenvalue weighted by molar-refractivity contribution is 7.17. The minimum atomic E-state index is -0.656. The summed E-state index contributed by atoms with van der Waals surface area (Å²) < 4.78 is 15.2. The van der Waals surface area contributed by atoms with E-state index in [1.165, 1.54) is 17.0 Å². The van der Waals surface area contributed by atoms with E-state index in [1.54, 1.807) is 30.4 Å². The fraction of sp³-hybridized carbons (Fsp3) is 0.421. The number of rotatable bonds is 4. The molecular formula is C19H23FN4OS. The number of aliphatic hydroxyl groups excluding tert-OH is 1. The molecule has 3 heterocycles. The molecule has 1 N–H and O–H groups in total. The van der Waals surface area contributed by atoms with Crippen LogP contribution in [0.5, 0.6) is 0 Å². The van der Waals surface area contributed by atoms with Crippen molar-refractivity contribution in [1.82, 2.24) is 19.2 Å². The first-order chi connectivity index (χ1) is 12.5. The zero-order chi connectivity index (χ0) is 18.3. The maximum Gasteiger partial charge on any atom is 0.194 e. The van der Waals surface area contributed by atoms with Crippen LogP contribution in [0.3, 0.4) is 0 Å². The summed E-state index contributed by atoms with van der Waals surface area (Å²) in [6.07, 6.45) is 1.43. The minimum absolute atomic E-state index is 0.275. The quantitative estimate of drug-likeness (QED) is 0.763. The molecule has 4 rings (SSSR count). The van der Waals surface area contributed by atoms with Gasteiger partial charge in [-0.2, -0.15) is 0 Å². The number of imidazole rings is 1. The van der Waals surface area contributed by atoms with Gasteiger partial charge in [0.15, 0.2) is 4.96 Å². The van der Waals surface area contributed by atoms with Crippen molar-refractivity contribution in [1.29, 1.82) is 0 Å². The lowest BCUT2D eigenvalue weighted by molar-refractivity contribution is 0.149. The Hall–Kier alpha value is -1.80. The van der Waals surface area contributed by atoms with Gasteiger partial charge in [0.2, 0.25) is 0 Å². The van der Waals surface area contributed by atoms with Crippen molar-refractivity contribution in [2.24, 2.45) is 0 Å². The molecular weight excluding hydrogens is 351 g/mol. The molecule has 0 radical (unpaired) electrons. The van der Waals surface area contributed by atoms with E-state index in [4.69, 9.17) is 4.98 Å². The molecule has 7 heteroatoms. The molecule has 5 nitrogen and oxygen atoms in total. The standard InChI is InChI=1S/C19H23FN4OS/c1-13(25)18-17(14-3-5-15(20)6-4-14)21-19-24(18)12-16(26-19)11-23-9-7-22(2)8-10-23/h3-6,12-13,25H,7-11H2,1-2H3. The highest BCUT2D eigenvalue weighted by atomic mass is 32.1. The molecule has 0 saturated carbocycles. The van der Waals surface area contributed by atoms with E-state index in [0.29, 0.717) is 0 Å². The summed E-state index contributed by atoms with van der Waals surface area (Å²) in [6, 6.07) is 6.26. The lowest BCUT2D eigenvalue weighted by Gasteiger charge is -2.31. The maximum absolute atomic E-state index is 13.2. The Bertz CT molecular complexity index is 894. The van der Waals surface area contributed by atoms with Crippen LogP contribution in [0.25, 0.3) is 16.2 Å². The van der Waals surface area contributed by atoms with E-state index in [9.17, 15) is 9.50 Å². The molecule has 1 unspecified atom stereocenters. The molecule has 1 fully saturated rings. The molecule has 1 atom stereocenters. The minimum Gasteiger partial charge on any atom is -0.387 e. The number of fused-ring (bicyclic) bond motifs is 1. The topological polar surface area (TPSA) is 44.0 Å². The second kappa shape index (κ2) is 7.08. The van der Waals surface area contributed by atoms with E-state index in [-0.39, 0.29) is 5.82 Å². The van der Waals surface area contributed by atoms with E-state index in [0.717, 1.165) is 54.6 Å². The first-order valence-corrected chi connectivity index (χ1v) is 9.68. The van der Waals surface area contributed by atoms with Gasteiger partial charge in [0.1, 0.15) is 5.82 Å². The summed E-state index contributed by atoms with van der Waals surface area (Å²) in [5.41, 5.74) is 2.30. The number of aliphatic hydroxyl groups is 1. The van der Waals surface area contributed by atoms with Crippen molar-refractivity contribution in [2.75, 3.05) is 33.2 Å². The predicted octanol–water partition coefficient (Wildman–Crippen LogP) is 3.00. The Balaban J connectivity index is 1.65. The van der Waals surface area contributed by atoms with Crippen molar-refractivity contribution in [3.63, 3.8) is 0 Å². The van der Waals surface area contributed by atoms with E-state index in [2.05, 4.69) is 23.0 Å². The molecule has 1 aliphatic rings. The van der Waals surface area contributed by atoms with Crippen molar-refractivity contribution in [2.45, 2.75) is 19.6 Å². The third-order valence-corrected chi connectivity index (χ3v) is 5.87. The molecule has 2 aromatic heterocycles. The zero-order valence-electron chi connectivity index (χ0n) is 15.0. The Morgan fingerprint density at radius 3 is 2.54 bits per heavy atom. The zero-order valence-corrected chi connectivity index (χ0v) is 15.8. The molecule has 1 aliphatic heterocycles. The molecule has 1 aromatic carbocycles. The van der Waals surface area contributed by atoms with Crippen LogP contribution in [0, 0.1) is 5.82 Å². The number of hydrogen-bond donors (Lipinski definition) is 1. The van der Waals surface area contributed by atoms with Crippen LogP contribution in [0.2, 0.25) is 0 Å². The van der Waals surface area contributed by atoms with Crippen LogP contribution >= 0.6 is 11.3 Å². The van der Waals surface area contributed by atoms with E-state index in [1.807, 2.05) is 4.40 Å². The highest BCUT2D eigenvalue weighted by Crippen LogP contribution is 2.32. The van der Waals surface area contributed by atoms with Gasteiger partial charge in [0, 0.05) is 49.4 Å². The van der Waals surface area contributed by atoms with Gasteiger partial charge in [0.25, 0.3) is 0 Å². The lowest BCUT2D eigenvalue weighted by Crippen LogP contribution is -2.43. The van der Waals surface area contributed by atoms with Crippen molar-refractivity contribution < 1.29 is 9.50 Å². The van der Waals surface area contributed by atoms with Crippen LogP contribution in [0.4, 0.5) is 4.39 Å². The first-order valence-electron chi connectivity index (χ1n) is 8.87. The summed E-state index contributed by atoms with van der Waals surface area (Å²) in [5, 5.41) is 10.3. The molecule has 1 saturated heterocycles. The van der Waals surface area contributed by atoms with Crippen LogP contribution in [-0.2, 0) is 6.54 Å². The summed E-state index contributed by atoms with van der Waals surface area (Å²) >= 11 is 1.65. The maximum atomic E-state index is 13.2. The monoisotopic (exact) mass is 374 g/mol. The van der Waals surface area contributed by atoms with Gasteiger partial charge in [-0.3, -0.25) is 9.30 Å². The van der Waals surface area contributed by atoms with Gasteiger partial charge < -0.3 is 10.0 Å². The van der Waals surface area contributed by atoms with Crippen molar-refractivity contribution in [3.05, 3.63) is 46.9 Å². The number of thiazole rings is 1. The van der Waals surface area contributed by atoms with Gasteiger partial charge in [-0.25, -0.2) is 9.37 Å². The van der Waals surface area contributed by atoms with Gasteiger partial charge in [-0.1, -0.05) is 11.3 Å². The van der Waals surface area contributed by atoms with Crippen LogP contribution < -0.4 is 0 Å². The number of piperazine rings is 1. The van der Waals surface area contributed by atoms with Gasteiger partial charge in [-0.05, 0) is 38.2 Å². The Labute approximate surface area is 156 Å².